The lowest BCUT2D eigenvalue weighted by Gasteiger charge is -2.33. The molecule has 0 spiro atoms. The highest BCUT2D eigenvalue weighted by Crippen LogP contribution is 2.14. The zero-order valence-corrected chi connectivity index (χ0v) is 9.92. The summed E-state index contributed by atoms with van der Waals surface area (Å²) in [5.74, 6) is 0.871. The van der Waals surface area contributed by atoms with Crippen molar-refractivity contribution in [3.05, 3.63) is 0 Å². The van der Waals surface area contributed by atoms with Crippen LogP contribution in [0.25, 0.3) is 0 Å². The van der Waals surface area contributed by atoms with Crippen molar-refractivity contribution in [3.63, 3.8) is 0 Å². The summed E-state index contributed by atoms with van der Waals surface area (Å²) in [5.41, 5.74) is 0. The highest BCUT2D eigenvalue weighted by Gasteiger charge is 2.18. The number of hydrogen-bond acceptors (Lipinski definition) is 3. The van der Waals surface area contributed by atoms with Crippen molar-refractivity contribution in [2.75, 3.05) is 53.9 Å². The molecule has 3 nitrogen and oxygen atoms in total. The SMILES string of the molecule is CNCC1CCCN(CCN(C)C)C1. The maximum atomic E-state index is 3.29. The Morgan fingerprint density at radius 3 is 2.86 bits per heavy atom. The van der Waals surface area contributed by atoms with Gasteiger partial charge < -0.3 is 15.1 Å². The van der Waals surface area contributed by atoms with E-state index in [0.717, 1.165) is 5.92 Å². The van der Waals surface area contributed by atoms with Gasteiger partial charge in [0.15, 0.2) is 0 Å². The van der Waals surface area contributed by atoms with Crippen molar-refractivity contribution < 1.29 is 0 Å². The molecule has 1 rings (SSSR count). The van der Waals surface area contributed by atoms with E-state index < -0.39 is 0 Å². The van der Waals surface area contributed by atoms with Crippen LogP contribution in [0.1, 0.15) is 12.8 Å². The largest absolute Gasteiger partial charge is 0.319 e. The number of nitrogens with zero attached hydrogens (tertiary/aromatic N) is 2. The maximum absolute atomic E-state index is 3.29. The summed E-state index contributed by atoms with van der Waals surface area (Å²) in [6.07, 6.45) is 2.78. The Hall–Kier alpha value is -0.120. The van der Waals surface area contributed by atoms with E-state index in [1.54, 1.807) is 0 Å². The molecule has 0 aromatic rings. The quantitative estimate of drug-likeness (QED) is 0.695. The summed E-state index contributed by atoms with van der Waals surface area (Å²) in [5, 5.41) is 3.29. The monoisotopic (exact) mass is 199 g/mol. The molecular formula is C11H25N3. The summed E-state index contributed by atoms with van der Waals surface area (Å²) in [6.45, 7) is 6.18. The Kier molecular flexibility index (Phi) is 5.45. The number of likely N-dealkylation sites (tertiary alicyclic amines) is 1. The number of hydrogen-bond donors (Lipinski definition) is 1. The van der Waals surface area contributed by atoms with Crippen LogP contribution in [0.2, 0.25) is 0 Å². The molecule has 1 heterocycles. The van der Waals surface area contributed by atoms with Gasteiger partial charge >= 0.3 is 0 Å². The summed E-state index contributed by atoms with van der Waals surface area (Å²) in [4.78, 5) is 4.87. The van der Waals surface area contributed by atoms with E-state index in [4.69, 9.17) is 0 Å². The van der Waals surface area contributed by atoms with Gasteiger partial charge in [-0.3, -0.25) is 0 Å². The Morgan fingerprint density at radius 2 is 2.21 bits per heavy atom. The molecule has 0 aliphatic carbocycles. The normalized spacial score (nSPS) is 24.4. The third-order valence-corrected chi connectivity index (χ3v) is 2.96. The summed E-state index contributed by atoms with van der Waals surface area (Å²) in [6, 6.07) is 0. The van der Waals surface area contributed by atoms with Crippen LogP contribution in [-0.4, -0.2) is 63.7 Å². The first kappa shape index (κ1) is 12.0. The lowest BCUT2D eigenvalue weighted by atomic mass is 9.98. The van der Waals surface area contributed by atoms with Gasteiger partial charge in [0.1, 0.15) is 0 Å². The molecule has 1 aliphatic rings. The third kappa shape index (κ3) is 4.40. The van der Waals surface area contributed by atoms with Gasteiger partial charge in [0.2, 0.25) is 0 Å². The summed E-state index contributed by atoms with van der Waals surface area (Å²) in [7, 11) is 6.35. The van der Waals surface area contributed by atoms with E-state index in [1.807, 2.05) is 0 Å². The molecule has 0 radical (unpaired) electrons. The van der Waals surface area contributed by atoms with E-state index in [0.29, 0.717) is 0 Å². The molecule has 1 N–H and O–H groups in total. The van der Waals surface area contributed by atoms with Crippen molar-refractivity contribution in [3.8, 4) is 0 Å². The second kappa shape index (κ2) is 6.38. The van der Waals surface area contributed by atoms with Gasteiger partial charge in [-0.15, -0.1) is 0 Å². The van der Waals surface area contributed by atoms with Crippen LogP contribution in [0.5, 0.6) is 0 Å². The van der Waals surface area contributed by atoms with Gasteiger partial charge in [-0.05, 0) is 53.0 Å². The Labute approximate surface area is 88.5 Å². The van der Waals surface area contributed by atoms with Crippen LogP contribution in [-0.2, 0) is 0 Å². The molecule has 1 aliphatic heterocycles. The lowest BCUT2D eigenvalue weighted by Crippen LogP contribution is -2.41. The third-order valence-electron chi connectivity index (χ3n) is 2.96. The zero-order valence-electron chi connectivity index (χ0n) is 9.92. The van der Waals surface area contributed by atoms with Crippen molar-refractivity contribution in [2.45, 2.75) is 12.8 Å². The van der Waals surface area contributed by atoms with Crippen LogP contribution in [0.3, 0.4) is 0 Å². The summed E-state index contributed by atoms with van der Waals surface area (Å²) >= 11 is 0. The molecule has 1 atom stereocenters. The second-order valence-electron chi connectivity index (χ2n) is 4.67. The molecule has 1 unspecified atom stereocenters. The Morgan fingerprint density at radius 1 is 1.43 bits per heavy atom. The van der Waals surface area contributed by atoms with Gasteiger partial charge in [-0.25, -0.2) is 0 Å². The molecule has 14 heavy (non-hydrogen) atoms. The lowest BCUT2D eigenvalue weighted by molar-refractivity contribution is 0.161. The number of nitrogens with one attached hydrogen (secondary N) is 1. The number of piperidine rings is 1. The zero-order chi connectivity index (χ0) is 10.4. The molecule has 0 aromatic heterocycles. The molecule has 84 valence electrons. The van der Waals surface area contributed by atoms with E-state index in [2.05, 4.69) is 36.3 Å². The van der Waals surface area contributed by atoms with Crippen LogP contribution in [0.15, 0.2) is 0 Å². The second-order valence-corrected chi connectivity index (χ2v) is 4.67. The molecule has 1 fully saturated rings. The smallest absolute Gasteiger partial charge is 0.0109 e. The minimum atomic E-state index is 0.871. The van der Waals surface area contributed by atoms with Crippen molar-refractivity contribution >= 4 is 0 Å². The van der Waals surface area contributed by atoms with E-state index >= 15 is 0 Å². The highest BCUT2D eigenvalue weighted by molar-refractivity contribution is 4.74. The van der Waals surface area contributed by atoms with Crippen molar-refractivity contribution in [1.82, 2.24) is 15.1 Å². The van der Waals surface area contributed by atoms with E-state index in [9.17, 15) is 0 Å². The predicted octanol–water partition coefficient (Wildman–Crippen LogP) is 0.479. The van der Waals surface area contributed by atoms with E-state index in [1.165, 1.54) is 45.6 Å². The molecule has 0 bridgehead atoms. The predicted molar refractivity (Wildman–Crippen MR) is 61.6 cm³/mol. The molecule has 0 saturated carbocycles. The van der Waals surface area contributed by atoms with Crippen molar-refractivity contribution in [1.29, 1.82) is 0 Å². The molecule has 3 heteroatoms. The fourth-order valence-corrected chi connectivity index (χ4v) is 2.15. The molecular weight excluding hydrogens is 174 g/mol. The summed E-state index contributed by atoms with van der Waals surface area (Å²) < 4.78 is 0. The number of likely N-dealkylation sites (N-methyl/N-ethyl adjacent to an activating group) is 1. The standard InChI is InChI=1S/C11H25N3/c1-12-9-11-5-4-6-14(10-11)8-7-13(2)3/h11-12H,4-10H2,1-3H3. The fraction of sp³-hybridized carbons (Fsp3) is 1.00. The minimum Gasteiger partial charge on any atom is -0.319 e. The van der Waals surface area contributed by atoms with Gasteiger partial charge in [0.05, 0.1) is 0 Å². The fourth-order valence-electron chi connectivity index (χ4n) is 2.15. The van der Waals surface area contributed by atoms with E-state index in [-0.39, 0.29) is 0 Å². The van der Waals surface area contributed by atoms with Crippen LogP contribution >= 0.6 is 0 Å². The first-order chi connectivity index (χ1) is 6.72. The maximum Gasteiger partial charge on any atom is 0.0109 e. The van der Waals surface area contributed by atoms with Gasteiger partial charge in [-0.2, -0.15) is 0 Å². The highest BCUT2D eigenvalue weighted by atomic mass is 15.2. The Balaban J connectivity index is 2.18. The first-order valence-electron chi connectivity index (χ1n) is 5.74. The molecule has 1 saturated heterocycles. The molecule has 0 amide bonds. The first-order valence-corrected chi connectivity index (χ1v) is 5.74. The van der Waals surface area contributed by atoms with Gasteiger partial charge in [0.25, 0.3) is 0 Å². The molecule has 0 aromatic carbocycles. The van der Waals surface area contributed by atoms with Gasteiger partial charge in [-0.1, -0.05) is 0 Å². The minimum absolute atomic E-state index is 0.871. The Bertz CT molecular complexity index is 145. The van der Waals surface area contributed by atoms with Crippen LogP contribution in [0.4, 0.5) is 0 Å². The van der Waals surface area contributed by atoms with Crippen molar-refractivity contribution in [2.24, 2.45) is 5.92 Å². The van der Waals surface area contributed by atoms with Crippen LogP contribution in [0, 0.1) is 5.92 Å². The average Bonchev–Trinajstić information content (AvgIpc) is 2.16. The van der Waals surface area contributed by atoms with Gasteiger partial charge in [0, 0.05) is 19.6 Å². The number of rotatable bonds is 5. The van der Waals surface area contributed by atoms with Crippen LogP contribution < -0.4 is 5.32 Å². The average molecular weight is 199 g/mol. The topological polar surface area (TPSA) is 18.5 Å².